The monoisotopic (exact) mass is 243 g/mol. The van der Waals surface area contributed by atoms with Gasteiger partial charge in [-0.2, -0.15) is 0 Å². The molecule has 0 aliphatic heterocycles. The van der Waals surface area contributed by atoms with Crippen LogP contribution in [0.1, 0.15) is 38.2 Å². The summed E-state index contributed by atoms with van der Waals surface area (Å²) in [7, 11) is 0. The lowest BCUT2D eigenvalue weighted by Crippen LogP contribution is -2.26. The largest absolute Gasteiger partial charge is 0.313 e. The third kappa shape index (κ3) is 4.66. The highest BCUT2D eigenvalue weighted by Gasteiger charge is 2.17. The minimum Gasteiger partial charge on any atom is -0.313 e. The van der Waals surface area contributed by atoms with E-state index in [1.165, 1.54) is 37.8 Å². The Hall–Kier alpha value is -1.08. The van der Waals surface area contributed by atoms with Crippen molar-refractivity contribution in [2.75, 3.05) is 13.1 Å². The number of hydrogen-bond donors (Lipinski definition) is 1. The standard InChI is InChI=1S/C17H25N/c1-15-9-11-17(12-10-15)14-18-13-5-8-16-6-3-2-4-7-16/h2-8,15,17-18H,9-14H2,1H3. The number of benzene rings is 1. The maximum absolute atomic E-state index is 3.55. The van der Waals surface area contributed by atoms with E-state index in [0.29, 0.717) is 0 Å². The van der Waals surface area contributed by atoms with E-state index in [-0.39, 0.29) is 0 Å². The fourth-order valence-electron chi connectivity index (χ4n) is 2.66. The van der Waals surface area contributed by atoms with Crippen LogP contribution in [-0.4, -0.2) is 13.1 Å². The van der Waals surface area contributed by atoms with Crippen molar-refractivity contribution in [3.05, 3.63) is 42.0 Å². The van der Waals surface area contributed by atoms with Gasteiger partial charge in [-0.25, -0.2) is 0 Å². The molecule has 1 aromatic carbocycles. The topological polar surface area (TPSA) is 12.0 Å². The van der Waals surface area contributed by atoms with Crippen molar-refractivity contribution in [1.82, 2.24) is 5.32 Å². The third-order valence-electron chi connectivity index (χ3n) is 3.94. The lowest BCUT2D eigenvalue weighted by molar-refractivity contribution is 0.284. The molecule has 0 spiro atoms. The molecule has 0 aromatic heterocycles. The molecule has 1 aliphatic carbocycles. The molecule has 1 aromatic rings. The molecule has 0 amide bonds. The maximum atomic E-state index is 3.55. The van der Waals surface area contributed by atoms with Crippen molar-refractivity contribution in [2.24, 2.45) is 11.8 Å². The average molecular weight is 243 g/mol. The van der Waals surface area contributed by atoms with Crippen LogP contribution in [0.3, 0.4) is 0 Å². The smallest absolute Gasteiger partial charge is 0.0138 e. The molecule has 1 aliphatic rings. The average Bonchev–Trinajstić information content (AvgIpc) is 2.42. The maximum Gasteiger partial charge on any atom is 0.0138 e. The van der Waals surface area contributed by atoms with Crippen LogP contribution < -0.4 is 5.32 Å². The second kappa shape index (κ2) is 7.38. The molecule has 1 N–H and O–H groups in total. The van der Waals surface area contributed by atoms with Crippen molar-refractivity contribution < 1.29 is 0 Å². The van der Waals surface area contributed by atoms with Crippen LogP contribution in [0.5, 0.6) is 0 Å². The van der Waals surface area contributed by atoms with Crippen molar-refractivity contribution >= 4 is 6.08 Å². The van der Waals surface area contributed by atoms with Gasteiger partial charge in [-0.05, 0) is 36.8 Å². The number of hydrogen-bond acceptors (Lipinski definition) is 1. The van der Waals surface area contributed by atoms with E-state index < -0.39 is 0 Å². The van der Waals surface area contributed by atoms with Gasteiger partial charge in [0, 0.05) is 6.54 Å². The molecule has 0 saturated heterocycles. The van der Waals surface area contributed by atoms with E-state index in [4.69, 9.17) is 0 Å². The SMILES string of the molecule is CC1CCC(CNCC=Cc2ccccc2)CC1. The van der Waals surface area contributed by atoms with Gasteiger partial charge in [-0.1, -0.05) is 62.2 Å². The van der Waals surface area contributed by atoms with Crippen LogP contribution in [-0.2, 0) is 0 Å². The Balaban J connectivity index is 1.60. The van der Waals surface area contributed by atoms with Crippen LogP contribution in [0.4, 0.5) is 0 Å². The number of rotatable bonds is 5. The van der Waals surface area contributed by atoms with Gasteiger partial charge in [0.25, 0.3) is 0 Å². The molecule has 1 nitrogen and oxygen atoms in total. The molecule has 0 bridgehead atoms. The van der Waals surface area contributed by atoms with E-state index in [9.17, 15) is 0 Å². The Kier molecular flexibility index (Phi) is 5.47. The second-order valence-electron chi connectivity index (χ2n) is 5.60. The van der Waals surface area contributed by atoms with E-state index in [0.717, 1.165) is 18.4 Å². The first-order chi connectivity index (χ1) is 8.84. The molecule has 0 heterocycles. The predicted octanol–water partition coefficient (Wildman–Crippen LogP) is 4.12. The first-order valence-corrected chi connectivity index (χ1v) is 7.27. The fourth-order valence-corrected chi connectivity index (χ4v) is 2.66. The van der Waals surface area contributed by atoms with Crippen LogP contribution in [0.15, 0.2) is 36.4 Å². The van der Waals surface area contributed by atoms with Crippen molar-refractivity contribution in [3.63, 3.8) is 0 Å². The van der Waals surface area contributed by atoms with Gasteiger partial charge >= 0.3 is 0 Å². The Morgan fingerprint density at radius 1 is 1.11 bits per heavy atom. The van der Waals surface area contributed by atoms with Crippen molar-refractivity contribution in [1.29, 1.82) is 0 Å². The highest BCUT2D eigenvalue weighted by Crippen LogP contribution is 2.27. The summed E-state index contributed by atoms with van der Waals surface area (Å²) in [4.78, 5) is 0. The van der Waals surface area contributed by atoms with Gasteiger partial charge in [0.2, 0.25) is 0 Å². The molecule has 2 rings (SSSR count). The molecule has 0 atom stereocenters. The fraction of sp³-hybridized carbons (Fsp3) is 0.529. The van der Waals surface area contributed by atoms with Crippen LogP contribution >= 0.6 is 0 Å². The zero-order valence-corrected chi connectivity index (χ0v) is 11.4. The second-order valence-corrected chi connectivity index (χ2v) is 5.60. The van der Waals surface area contributed by atoms with Crippen molar-refractivity contribution in [3.8, 4) is 0 Å². The van der Waals surface area contributed by atoms with Gasteiger partial charge in [0.1, 0.15) is 0 Å². The normalized spacial score (nSPS) is 24.5. The molecule has 1 fully saturated rings. The summed E-state index contributed by atoms with van der Waals surface area (Å²) in [6.45, 7) is 4.55. The van der Waals surface area contributed by atoms with Gasteiger partial charge in [-0.15, -0.1) is 0 Å². The summed E-state index contributed by atoms with van der Waals surface area (Å²) < 4.78 is 0. The van der Waals surface area contributed by atoms with Gasteiger partial charge in [0.05, 0.1) is 0 Å². The summed E-state index contributed by atoms with van der Waals surface area (Å²) in [5.41, 5.74) is 1.28. The molecular weight excluding hydrogens is 218 g/mol. The summed E-state index contributed by atoms with van der Waals surface area (Å²) in [5, 5.41) is 3.55. The summed E-state index contributed by atoms with van der Waals surface area (Å²) in [5.74, 6) is 1.87. The third-order valence-corrected chi connectivity index (χ3v) is 3.94. The van der Waals surface area contributed by atoms with Crippen LogP contribution in [0, 0.1) is 11.8 Å². The minimum atomic E-state index is 0.909. The highest BCUT2D eigenvalue weighted by atomic mass is 14.8. The first-order valence-electron chi connectivity index (χ1n) is 7.27. The molecule has 1 heteroatoms. The lowest BCUT2D eigenvalue weighted by Gasteiger charge is -2.26. The summed E-state index contributed by atoms with van der Waals surface area (Å²) in [6, 6.07) is 10.5. The zero-order valence-electron chi connectivity index (χ0n) is 11.4. The van der Waals surface area contributed by atoms with E-state index >= 15 is 0 Å². The predicted molar refractivity (Wildman–Crippen MR) is 79.5 cm³/mol. The van der Waals surface area contributed by atoms with Crippen LogP contribution in [0.2, 0.25) is 0 Å². The Morgan fingerprint density at radius 3 is 2.56 bits per heavy atom. The molecule has 0 radical (unpaired) electrons. The molecule has 98 valence electrons. The quantitative estimate of drug-likeness (QED) is 0.767. The Bertz CT molecular complexity index is 347. The van der Waals surface area contributed by atoms with Gasteiger partial charge in [0.15, 0.2) is 0 Å². The Labute approximate surface area is 111 Å². The number of nitrogens with one attached hydrogen (secondary N) is 1. The molecular formula is C17H25N. The summed E-state index contributed by atoms with van der Waals surface area (Å²) >= 11 is 0. The first kappa shape index (κ1) is 13.4. The van der Waals surface area contributed by atoms with E-state index in [2.05, 4.69) is 54.7 Å². The van der Waals surface area contributed by atoms with Gasteiger partial charge in [-0.3, -0.25) is 0 Å². The van der Waals surface area contributed by atoms with E-state index in [1.54, 1.807) is 0 Å². The van der Waals surface area contributed by atoms with Crippen molar-refractivity contribution in [2.45, 2.75) is 32.6 Å². The molecule has 18 heavy (non-hydrogen) atoms. The summed E-state index contributed by atoms with van der Waals surface area (Å²) in [6.07, 6.45) is 10.1. The molecule has 1 saturated carbocycles. The van der Waals surface area contributed by atoms with Gasteiger partial charge < -0.3 is 5.32 Å². The van der Waals surface area contributed by atoms with Crippen LogP contribution in [0.25, 0.3) is 6.08 Å². The zero-order chi connectivity index (χ0) is 12.6. The minimum absolute atomic E-state index is 0.909. The van der Waals surface area contributed by atoms with E-state index in [1.807, 2.05) is 0 Å². The highest BCUT2D eigenvalue weighted by molar-refractivity contribution is 5.48. The lowest BCUT2D eigenvalue weighted by atomic mass is 9.83. The Morgan fingerprint density at radius 2 is 1.83 bits per heavy atom. The molecule has 0 unspecified atom stereocenters.